The van der Waals surface area contributed by atoms with Crippen LogP contribution in [0.25, 0.3) is 0 Å². The minimum absolute atomic E-state index is 0. The molecule has 7 heteroatoms. The normalized spacial score (nSPS) is 15.5. The van der Waals surface area contributed by atoms with Crippen molar-refractivity contribution >= 4 is 24.2 Å². The van der Waals surface area contributed by atoms with E-state index in [1.165, 1.54) is 0 Å². The summed E-state index contributed by atoms with van der Waals surface area (Å²) in [6, 6.07) is 7.75. The van der Waals surface area contributed by atoms with E-state index in [1.807, 2.05) is 38.1 Å². The standard InChI is InChI=1S/C18H27N3O3.ClH/c1-12(13(2)19)18(23)20-10-9-14-3-7-16(8-4-14)24-11-17(22)21-15-5-6-15;/h3-4,7-8,12-13,15H,5-6,9-11,19H2,1-2H3,(H,20,23)(H,21,22);1H. The van der Waals surface area contributed by atoms with Gasteiger partial charge in [-0.1, -0.05) is 19.1 Å². The summed E-state index contributed by atoms with van der Waals surface area (Å²) in [4.78, 5) is 23.4. The van der Waals surface area contributed by atoms with E-state index in [0.29, 0.717) is 18.3 Å². The van der Waals surface area contributed by atoms with Gasteiger partial charge in [-0.25, -0.2) is 0 Å². The molecule has 0 bridgehead atoms. The van der Waals surface area contributed by atoms with E-state index in [9.17, 15) is 9.59 Å². The number of carbonyl (C=O) groups is 2. The molecule has 1 aromatic carbocycles. The summed E-state index contributed by atoms with van der Waals surface area (Å²) >= 11 is 0. The number of hydrogen-bond acceptors (Lipinski definition) is 4. The first-order valence-corrected chi connectivity index (χ1v) is 8.50. The molecule has 1 aromatic rings. The molecule has 1 fully saturated rings. The molecule has 0 saturated heterocycles. The van der Waals surface area contributed by atoms with Crippen LogP contribution in [0.1, 0.15) is 32.3 Å². The second-order valence-electron chi connectivity index (χ2n) is 6.46. The van der Waals surface area contributed by atoms with Crippen LogP contribution >= 0.6 is 12.4 Å². The highest BCUT2D eigenvalue weighted by molar-refractivity contribution is 5.85. The molecule has 140 valence electrons. The zero-order chi connectivity index (χ0) is 17.5. The number of nitrogens with one attached hydrogen (secondary N) is 2. The largest absolute Gasteiger partial charge is 0.484 e. The van der Waals surface area contributed by atoms with Crippen LogP contribution in [0.4, 0.5) is 0 Å². The molecule has 0 spiro atoms. The fraction of sp³-hybridized carbons (Fsp3) is 0.556. The summed E-state index contributed by atoms with van der Waals surface area (Å²) in [7, 11) is 0. The van der Waals surface area contributed by atoms with Crippen molar-refractivity contribution in [3.05, 3.63) is 29.8 Å². The predicted molar refractivity (Wildman–Crippen MR) is 99.9 cm³/mol. The number of ether oxygens (including phenoxy) is 1. The van der Waals surface area contributed by atoms with Crippen LogP contribution in [0, 0.1) is 5.92 Å². The highest BCUT2D eigenvalue weighted by Crippen LogP contribution is 2.18. The molecule has 1 aliphatic carbocycles. The molecule has 25 heavy (non-hydrogen) atoms. The van der Waals surface area contributed by atoms with Gasteiger partial charge >= 0.3 is 0 Å². The Labute approximate surface area is 155 Å². The zero-order valence-corrected chi connectivity index (χ0v) is 15.6. The first-order chi connectivity index (χ1) is 11.5. The molecule has 2 amide bonds. The van der Waals surface area contributed by atoms with Gasteiger partial charge in [0.2, 0.25) is 5.91 Å². The lowest BCUT2D eigenvalue weighted by molar-refractivity contribution is -0.125. The number of benzene rings is 1. The van der Waals surface area contributed by atoms with Crippen molar-refractivity contribution in [2.45, 2.75) is 45.2 Å². The molecule has 0 radical (unpaired) electrons. The maximum absolute atomic E-state index is 11.8. The summed E-state index contributed by atoms with van der Waals surface area (Å²) in [5.74, 6) is 0.376. The smallest absolute Gasteiger partial charge is 0.258 e. The lowest BCUT2D eigenvalue weighted by atomic mass is 10.0. The van der Waals surface area contributed by atoms with Crippen LogP contribution in [0.3, 0.4) is 0 Å². The molecule has 6 nitrogen and oxygen atoms in total. The third kappa shape index (κ3) is 7.75. The van der Waals surface area contributed by atoms with Crippen molar-refractivity contribution < 1.29 is 14.3 Å². The monoisotopic (exact) mass is 369 g/mol. The molecular formula is C18H28ClN3O3. The fourth-order valence-corrected chi connectivity index (χ4v) is 2.13. The van der Waals surface area contributed by atoms with Crippen molar-refractivity contribution in [2.24, 2.45) is 11.7 Å². The molecular weight excluding hydrogens is 342 g/mol. The quantitative estimate of drug-likeness (QED) is 0.613. The van der Waals surface area contributed by atoms with Gasteiger partial charge in [-0.2, -0.15) is 0 Å². The number of carbonyl (C=O) groups excluding carboxylic acids is 2. The molecule has 0 heterocycles. The maximum atomic E-state index is 11.8. The summed E-state index contributed by atoms with van der Waals surface area (Å²) in [6.45, 7) is 4.26. The number of hydrogen-bond donors (Lipinski definition) is 3. The van der Waals surface area contributed by atoms with Crippen molar-refractivity contribution in [1.82, 2.24) is 10.6 Å². The Balaban J connectivity index is 0.00000312. The SMILES string of the molecule is CC(N)C(C)C(=O)NCCc1ccc(OCC(=O)NC2CC2)cc1.Cl. The second-order valence-corrected chi connectivity index (χ2v) is 6.46. The number of nitrogens with two attached hydrogens (primary N) is 1. The Kier molecular flexibility index (Phi) is 8.72. The van der Waals surface area contributed by atoms with E-state index in [4.69, 9.17) is 10.5 Å². The van der Waals surface area contributed by atoms with Gasteiger partial charge in [-0.15, -0.1) is 12.4 Å². The van der Waals surface area contributed by atoms with E-state index in [0.717, 1.165) is 24.8 Å². The van der Waals surface area contributed by atoms with E-state index in [1.54, 1.807) is 0 Å². The van der Waals surface area contributed by atoms with Crippen LogP contribution in [-0.4, -0.2) is 37.0 Å². The summed E-state index contributed by atoms with van der Waals surface area (Å²) in [5, 5.41) is 5.77. The highest BCUT2D eigenvalue weighted by Gasteiger charge is 2.23. The lowest BCUT2D eigenvalue weighted by Crippen LogP contribution is -2.39. The van der Waals surface area contributed by atoms with Crippen LogP contribution in [0.5, 0.6) is 5.75 Å². The molecule has 0 aliphatic heterocycles. The predicted octanol–water partition coefficient (Wildman–Crippen LogP) is 1.41. The van der Waals surface area contributed by atoms with Crippen LogP contribution in [0.15, 0.2) is 24.3 Å². The molecule has 2 atom stereocenters. The van der Waals surface area contributed by atoms with E-state index < -0.39 is 0 Å². The highest BCUT2D eigenvalue weighted by atomic mass is 35.5. The molecule has 2 unspecified atom stereocenters. The fourth-order valence-electron chi connectivity index (χ4n) is 2.13. The van der Waals surface area contributed by atoms with Gasteiger partial charge in [0.15, 0.2) is 6.61 Å². The van der Waals surface area contributed by atoms with Gasteiger partial charge in [0.05, 0.1) is 0 Å². The van der Waals surface area contributed by atoms with Crippen molar-refractivity contribution in [2.75, 3.05) is 13.2 Å². The van der Waals surface area contributed by atoms with Crippen molar-refractivity contribution in [1.29, 1.82) is 0 Å². The second kappa shape index (κ2) is 10.3. The Morgan fingerprint density at radius 3 is 2.44 bits per heavy atom. The Hall–Kier alpha value is -1.79. The van der Waals surface area contributed by atoms with Crippen molar-refractivity contribution in [3.63, 3.8) is 0 Å². The maximum Gasteiger partial charge on any atom is 0.258 e. The number of halogens is 1. The number of rotatable bonds is 9. The van der Waals surface area contributed by atoms with E-state index in [2.05, 4.69) is 10.6 Å². The average molecular weight is 370 g/mol. The van der Waals surface area contributed by atoms with Gasteiger partial charge in [-0.05, 0) is 43.9 Å². The minimum Gasteiger partial charge on any atom is -0.484 e. The lowest BCUT2D eigenvalue weighted by Gasteiger charge is -2.15. The van der Waals surface area contributed by atoms with Crippen LogP contribution in [-0.2, 0) is 16.0 Å². The van der Waals surface area contributed by atoms with E-state index >= 15 is 0 Å². The van der Waals surface area contributed by atoms with Gasteiger partial charge in [-0.3, -0.25) is 9.59 Å². The van der Waals surface area contributed by atoms with Gasteiger partial charge in [0, 0.05) is 24.5 Å². The third-order valence-corrected chi connectivity index (χ3v) is 4.15. The molecule has 2 rings (SSSR count). The Morgan fingerprint density at radius 1 is 1.24 bits per heavy atom. The minimum atomic E-state index is -0.192. The third-order valence-electron chi connectivity index (χ3n) is 4.15. The average Bonchev–Trinajstić information content (AvgIpc) is 3.37. The zero-order valence-electron chi connectivity index (χ0n) is 14.8. The van der Waals surface area contributed by atoms with E-state index in [-0.39, 0.29) is 42.8 Å². The Morgan fingerprint density at radius 2 is 1.88 bits per heavy atom. The summed E-state index contributed by atoms with van der Waals surface area (Å²) in [6.07, 6.45) is 2.87. The summed E-state index contributed by atoms with van der Waals surface area (Å²) < 4.78 is 5.46. The topological polar surface area (TPSA) is 93.5 Å². The first-order valence-electron chi connectivity index (χ1n) is 8.50. The van der Waals surface area contributed by atoms with Gasteiger partial charge < -0.3 is 21.1 Å². The van der Waals surface area contributed by atoms with Crippen LogP contribution in [0.2, 0.25) is 0 Å². The molecule has 4 N–H and O–H groups in total. The van der Waals surface area contributed by atoms with Crippen molar-refractivity contribution in [3.8, 4) is 5.75 Å². The Bertz CT molecular complexity index is 559. The van der Waals surface area contributed by atoms with Crippen LogP contribution < -0.4 is 21.1 Å². The first kappa shape index (κ1) is 21.3. The molecule has 1 aliphatic rings. The molecule has 0 aromatic heterocycles. The molecule has 1 saturated carbocycles. The number of amides is 2. The summed E-state index contributed by atoms with van der Waals surface area (Å²) in [5.41, 5.74) is 6.81. The van der Waals surface area contributed by atoms with Gasteiger partial charge in [0.1, 0.15) is 5.75 Å². The van der Waals surface area contributed by atoms with Gasteiger partial charge in [0.25, 0.3) is 5.91 Å².